The number of allylic oxidation sites excluding steroid dienone is 14. The van der Waals surface area contributed by atoms with Crippen molar-refractivity contribution in [2.24, 2.45) is 0 Å². The van der Waals surface area contributed by atoms with Crippen molar-refractivity contribution in [3.05, 3.63) is 85.1 Å². The minimum absolute atomic E-state index is 0.00527. The van der Waals surface area contributed by atoms with Gasteiger partial charge in [0.05, 0.1) is 39.9 Å². The summed E-state index contributed by atoms with van der Waals surface area (Å²) < 4.78 is 23.0. The zero-order chi connectivity index (χ0) is 42.1. The molecule has 57 heavy (non-hydrogen) atoms. The molecule has 0 saturated carbocycles. The highest BCUT2D eigenvalue weighted by molar-refractivity contribution is 7.45. The van der Waals surface area contributed by atoms with Gasteiger partial charge >= 0.3 is 0 Å². The van der Waals surface area contributed by atoms with Crippen LogP contribution in [0.25, 0.3) is 0 Å². The number of likely N-dealkylation sites (N-methyl/N-ethyl adjacent to an activating group) is 1. The summed E-state index contributed by atoms with van der Waals surface area (Å²) in [5.74, 6) is -0.186. The lowest BCUT2D eigenvalue weighted by molar-refractivity contribution is -0.870. The van der Waals surface area contributed by atoms with Crippen LogP contribution in [0.4, 0.5) is 0 Å². The standard InChI is InChI=1S/C48H85N2O6P/c1-6-8-10-12-13-14-15-16-17-18-19-20-21-22-23-24-25-26-27-28-29-30-31-32-33-34-35-36-37-38-40-42-48(52)49-46(47(51)41-39-11-9-7-2)45-56-57(53,54)55-44-43-50(3,4)5/h8,10,13-14,16-17,19-20,22-23,25-26,28-29,46-47,51H,6-7,9,11-12,15,18,21,24,27,30-45H2,1-5H3,(H-,49,52,53,54)/b10-8-,14-13-,17-16-,20-19-,23-22-,26-25-,29-28-. The lowest BCUT2D eigenvalue weighted by Gasteiger charge is -2.30. The number of hydrogen-bond acceptors (Lipinski definition) is 6. The van der Waals surface area contributed by atoms with Crippen molar-refractivity contribution in [3.63, 3.8) is 0 Å². The number of aliphatic hydroxyl groups excluding tert-OH is 1. The smallest absolute Gasteiger partial charge is 0.268 e. The molecule has 0 aliphatic rings. The Labute approximate surface area is 350 Å². The summed E-state index contributed by atoms with van der Waals surface area (Å²) in [4.78, 5) is 25.0. The van der Waals surface area contributed by atoms with Gasteiger partial charge in [-0.1, -0.05) is 170 Å². The zero-order valence-electron chi connectivity index (χ0n) is 37.0. The van der Waals surface area contributed by atoms with Crippen molar-refractivity contribution in [3.8, 4) is 0 Å². The van der Waals surface area contributed by atoms with E-state index in [1.165, 1.54) is 38.5 Å². The van der Waals surface area contributed by atoms with Gasteiger partial charge in [0.15, 0.2) is 0 Å². The molecule has 3 atom stereocenters. The molecule has 0 heterocycles. The number of hydrogen-bond donors (Lipinski definition) is 2. The van der Waals surface area contributed by atoms with Crippen LogP contribution < -0.4 is 10.2 Å². The van der Waals surface area contributed by atoms with Gasteiger partial charge in [0.2, 0.25) is 5.91 Å². The third kappa shape index (κ3) is 41.6. The number of carbonyl (C=O) groups is 1. The monoisotopic (exact) mass is 817 g/mol. The Kier molecular flexibility index (Phi) is 37.6. The van der Waals surface area contributed by atoms with Gasteiger partial charge in [-0.25, -0.2) is 0 Å². The van der Waals surface area contributed by atoms with E-state index in [2.05, 4.69) is 104 Å². The molecule has 0 aliphatic heterocycles. The van der Waals surface area contributed by atoms with E-state index in [1.54, 1.807) is 0 Å². The highest BCUT2D eigenvalue weighted by atomic mass is 31.2. The Hall–Kier alpha value is -2.32. The lowest BCUT2D eigenvalue weighted by atomic mass is 10.0. The highest BCUT2D eigenvalue weighted by Crippen LogP contribution is 2.38. The maximum atomic E-state index is 12.7. The fourth-order valence-corrected chi connectivity index (χ4v) is 6.56. The number of phosphoric acid groups is 1. The van der Waals surface area contributed by atoms with E-state index in [4.69, 9.17) is 9.05 Å². The Morgan fingerprint density at radius 2 is 1.07 bits per heavy atom. The number of carbonyl (C=O) groups excluding carboxylic acids is 1. The minimum Gasteiger partial charge on any atom is -0.756 e. The predicted molar refractivity (Wildman–Crippen MR) is 242 cm³/mol. The number of rotatable bonds is 39. The molecule has 0 radical (unpaired) electrons. The number of aliphatic hydroxyl groups is 1. The average Bonchev–Trinajstić information content (AvgIpc) is 3.16. The SMILES string of the molecule is CC/C=C\C/C=C\C/C=C\C/C=C\C/C=C\C/C=C\C/C=C\CCCCCCCCCCCC(=O)NC(COP(=O)([O-])OCC[N+](C)(C)C)C(O)CCCCCC. The summed E-state index contributed by atoms with van der Waals surface area (Å²) in [6.45, 7) is 4.44. The molecular weight excluding hydrogens is 732 g/mol. The summed E-state index contributed by atoms with van der Waals surface area (Å²) >= 11 is 0. The van der Waals surface area contributed by atoms with Crippen molar-refractivity contribution in [1.82, 2.24) is 5.32 Å². The van der Waals surface area contributed by atoms with Gasteiger partial charge in [0, 0.05) is 6.42 Å². The lowest BCUT2D eigenvalue weighted by Crippen LogP contribution is -2.46. The molecule has 9 heteroatoms. The first-order valence-corrected chi connectivity index (χ1v) is 23.9. The molecule has 0 aromatic carbocycles. The summed E-state index contributed by atoms with van der Waals surface area (Å²) in [7, 11) is 1.28. The van der Waals surface area contributed by atoms with E-state index in [0.717, 1.165) is 96.3 Å². The van der Waals surface area contributed by atoms with Gasteiger partial charge in [0.1, 0.15) is 13.2 Å². The van der Waals surface area contributed by atoms with Crippen LogP contribution in [0.3, 0.4) is 0 Å². The van der Waals surface area contributed by atoms with Crippen LogP contribution in [0.1, 0.15) is 162 Å². The first-order valence-electron chi connectivity index (χ1n) is 22.4. The summed E-state index contributed by atoms with van der Waals surface area (Å²) in [5, 5.41) is 13.6. The van der Waals surface area contributed by atoms with Crippen molar-refractivity contribution < 1.29 is 32.9 Å². The van der Waals surface area contributed by atoms with Gasteiger partial charge in [-0.2, -0.15) is 0 Å². The van der Waals surface area contributed by atoms with Crippen LogP contribution in [0.15, 0.2) is 85.1 Å². The Morgan fingerprint density at radius 1 is 0.632 bits per heavy atom. The third-order valence-electron chi connectivity index (χ3n) is 9.40. The second-order valence-corrected chi connectivity index (χ2v) is 17.4. The molecule has 0 rings (SSSR count). The van der Waals surface area contributed by atoms with Gasteiger partial charge in [0.25, 0.3) is 7.82 Å². The van der Waals surface area contributed by atoms with E-state index in [9.17, 15) is 19.4 Å². The predicted octanol–water partition coefficient (Wildman–Crippen LogP) is 11.9. The number of nitrogens with one attached hydrogen (secondary N) is 1. The second-order valence-electron chi connectivity index (χ2n) is 16.0. The van der Waals surface area contributed by atoms with Crippen LogP contribution in [0.5, 0.6) is 0 Å². The molecule has 328 valence electrons. The molecule has 0 saturated heterocycles. The van der Waals surface area contributed by atoms with E-state index in [1.807, 2.05) is 21.1 Å². The second kappa shape index (κ2) is 39.2. The largest absolute Gasteiger partial charge is 0.756 e. The van der Waals surface area contributed by atoms with E-state index in [-0.39, 0.29) is 19.1 Å². The number of unbranched alkanes of at least 4 members (excludes halogenated alkanes) is 12. The molecule has 3 unspecified atom stereocenters. The van der Waals surface area contributed by atoms with Crippen LogP contribution >= 0.6 is 7.82 Å². The maximum Gasteiger partial charge on any atom is 0.268 e. The molecule has 0 aromatic rings. The maximum absolute atomic E-state index is 12.7. The minimum atomic E-state index is -4.55. The molecule has 0 fully saturated rings. The fraction of sp³-hybridized carbons (Fsp3) is 0.688. The molecule has 8 nitrogen and oxygen atoms in total. The van der Waals surface area contributed by atoms with Crippen LogP contribution in [0.2, 0.25) is 0 Å². The first-order chi connectivity index (χ1) is 27.5. The molecule has 2 N–H and O–H groups in total. The molecular formula is C48H85N2O6P. The summed E-state index contributed by atoms with van der Waals surface area (Å²) in [6.07, 6.45) is 53.8. The third-order valence-corrected chi connectivity index (χ3v) is 10.4. The first kappa shape index (κ1) is 54.7. The average molecular weight is 817 g/mol. The fourth-order valence-electron chi connectivity index (χ4n) is 5.84. The molecule has 0 aliphatic carbocycles. The van der Waals surface area contributed by atoms with Crippen LogP contribution in [0, 0.1) is 0 Å². The van der Waals surface area contributed by atoms with Gasteiger partial charge in [-0.3, -0.25) is 9.36 Å². The van der Waals surface area contributed by atoms with Gasteiger partial charge in [-0.15, -0.1) is 0 Å². The van der Waals surface area contributed by atoms with Crippen molar-refractivity contribution >= 4 is 13.7 Å². The number of nitrogens with zero attached hydrogens (tertiary/aromatic N) is 1. The number of phosphoric ester groups is 1. The van der Waals surface area contributed by atoms with E-state index < -0.39 is 20.0 Å². The van der Waals surface area contributed by atoms with Gasteiger partial charge in [-0.05, 0) is 70.6 Å². The molecule has 0 bridgehead atoms. The van der Waals surface area contributed by atoms with Crippen LogP contribution in [-0.4, -0.2) is 68.5 Å². The molecule has 0 spiro atoms. The molecule has 0 aromatic heterocycles. The highest BCUT2D eigenvalue weighted by Gasteiger charge is 2.24. The Bertz CT molecular complexity index is 1200. The van der Waals surface area contributed by atoms with Crippen molar-refractivity contribution in [2.75, 3.05) is 40.9 Å². The normalized spacial score (nSPS) is 15.1. The van der Waals surface area contributed by atoms with E-state index >= 15 is 0 Å². The number of amides is 1. The van der Waals surface area contributed by atoms with Crippen molar-refractivity contribution in [1.29, 1.82) is 0 Å². The summed E-state index contributed by atoms with van der Waals surface area (Å²) in [6, 6.07) is -0.804. The zero-order valence-corrected chi connectivity index (χ0v) is 37.9. The van der Waals surface area contributed by atoms with Gasteiger partial charge < -0.3 is 28.8 Å². The Morgan fingerprint density at radius 3 is 1.54 bits per heavy atom. The quantitative estimate of drug-likeness (QED) is 0.0277. The van der Waals surface area contributed by atoms with Crippen LogP contribution in [-0.2, 0) is 18.4 Å². The Balaban J connectivity index is 3.97. The van der Waals surface area contributed by atoms with E-state index in [0.29, 0.717) is 23.9 Å². The topological polar surface area (TPSA) is 108 Å². The molecule has 1 amide bonds. The summed E-state index contributed by atoms with van der Waals surface area (Å²) in [5.41, 5.74) is 0. The number of quaternary nitrogens is 1. The van der Waals surface area contributed by atoms with Crippen molar-refractivity contribution in [2.45, 2.75) is 174 Å².